The van der Waals surface area contributed by atoms with Gasteiger partial charge in [0.05, 0.1) is 0 Å². The molecule has 0 amide bonds. The number of unbranched alkanes of at least 4 members (excludes halogenated alkanes) is 18. The molecule has 0 aliphatic carbocycles. The first kappa shape index (κ1) is 75.8. The molecule has 0 spiro atoms. The van der Waals surface area contributed by atoms with E-state index in [0.29, 0.717) is 25.7 Å². The van der Waals surface area contributed by atoms with E-state index in [0.717, 1.165) is 154 Å². The summed E-state index contributed by atoms with van der Waals surface area (Å²) in [5.41, 5.74) is 0. The number of allylic oxidation sites excluding steroid dienone is 28. The van der Waals surface area contributed by atoms with Crippen LogP contribution in [-0.4, -0.2) is 37.2 Å². The Morgan fingerprint density at radius 3 is 0.778 bits per heavy atom. The van der Waals surface area contributed by atoms with Crippen LogP contribution < -0.4 is 0 Å². The second-order valence-corrected chi connectivity index (χ2v) is 20.9. The van der Waals surface area contributed by atoms with E-state index < -0.39 is 6.10 Å². The van der Waals surface area contributed by atoms with Gasteiger partial charge in [-0.15, -0.1) is 0 Å². The van der Waals surface area contributed by atoms with E-state index in [9.17, 15) is 14.4 Å². The minimum absolute atomic E-state index is 0.110. The van der Waals surface area contributed by atoms with Crippen LogP contribution in [-0.2, 0) is 28.6 Å². The molecule has 0 N–H and O–H groups in total. The summed E-state index contributed by atoms with van der Waals surface area (Å²) < 4.78 is 16.9. The molecule has 6 nitrogen and oxygen atoms in total. The van der Waals surface area contributed by atoms with Crippen molar-refractivity contribution >= 4 is 17.9 Å². The van der Waals surface area contributed by atoms with Crippen LogP contribution >= 0.6 is 0 Å². The van der Waals surface area contributed by atoms with Crippen molar-refractivity contribution in [2.45, 2.75) is 271 Å². The lowest BCUT2D eigenvalue weighted by atomic mass is 10.1. The maximum absolute atomic E-state index is 12.9. The van der Waals surface area contributed by atoms with Gasteiger partial charge in [0, 0.05) is 19.3 Å². The van der Waals surface area contributed by atoms with Gasteiger partial charge in [0.15, 0.2) is 6.10 Å². The minimum Gasteiger partial charge on any atom is -0.462 e. The molecule has 454 valence electrons. The summed E-state index contributed by atoms with van der Waals surface area (Å²) in [6.07, 6.45) is 99.3. The van der Waals surface area contributed by atoms with E-state index in [1.807, 2.05) is 0 Å². The van der Waals surface area contributed by atoms with E-state index in [1.165, 1.54) is 64.2 Å². The molecule has 6 heteroatoms. The third-order valence-electron chi connectivity index (χ3n) is 13.2. The third-order valence-corrected chi connectivity index (χ3v) is 13.2. The lowest BCUT2D eigenvalue weighted by Gasteiger charge is -2.18. The van der Waals surface area contributed by atoms with Gasteiger partial charge in [0.2, 0.25) is 0 Å². The fourth-order valence-corrected chi connectivity index (χ4v) is 8.36. The molecule has 81 heavy (non-hydrogen) atoms. The molecule has 0 saturated carbocycles. The van der Waals surface area contributed by atoms with Gasteiger partial charge in [-0.1, -0.05) is 262 Å². The minimum atomic E-state index is -0.816. The predicted octanol–water partition coefficient (Wildman–Crippen LogP) is 22.7. The first-order valence-electron chi connectivity index (χ1n) is 32.6. The van der Waals surface area contributed by atoms with Gasteiger partial charge < -0.3 is 14.2 Å². The summed E-state index contributed by atoms with van der Waals surface area (Å²) in [6.45, 7) is 6.33. The zero-order chi connectivity index (χ0) is 58.5. The van der Waals surface area contributed by atoms with E-state index in [-0.39, 0.29) is 31.1 Å². The quantitative estimate of drug-likeness (QED) is 0.0261. The molecule has 0 aromatic rings. The van der Waals surface area contributed by atoms with Crippen molar-refractivity contribution in [3.63, 3.8) is 0 Å². The average molecular weight is 1120 g/mol. The fourth-order valence-electron chi connectivity index (χ4n) is 8.36. The summed E-state index contributed by atoms with van der Waals surface area (Å²) in [6, 6.07) is 0. The van der Waals surface area contributed by atoms with Crippen molar-refractivity contribution in [2.24, 2.45) is 0 Å². The van der Waals surface area contributed by atoms with Crippen molar-refractivity contribution in [3.8, 4) is 0 Å². The Hall–Kier alpha value is -5.23. The van der Waals surface area contributed by atoms with Crippen molar-refractivity contribution in [1.82, 2.24) is 0 Å². The Kier molecular flexibility index (Phi) is 62.9. The van der Waals surface area contributed by atoms with E-state index in [1.54, 1.807) is 0 Å². The van der Waals surface area contributed by atoms with Crippen LogP contribution in [0.25, 0.3) is 0 Å². The largest absolute Gasteiger partial charge is 0.462 e. The number of hydrogen-bond donors (Lipinski definition) is 0. The summed E-state index contributed by atoms with van der Waals surface area (Å²) in [5, 5.41) is 0. The van der Waals surface area contributed by atoms with Crippen LogP contribution in [0.5, 0.6) is 0 Å². The highest BCUT2D eigenvalue weighted by Crippen LogP contribution is 2.14. The van der Waals surface area contributed by atoms with E-state index in [2.05, 4.69) is 191 Å². The Morgan fingerprint density at radius 1 is 0.259 bits per heavy atom. The highest BCUT2D eigenvalue weighted by atomic mass is 16.6. The maximum atomic E-state index is 12.9. The van der Waals surface area contributed by atoms with Gasteiger partial charge in [-0.25, -0.2) is 0 Å². The van der Waals surface area contributed by atoms with Crippen molar-refractivity contribution < 1.29 is 28.6 Å². The average Bonchev–Trinajstić information content (AvgIpc) is 3.47. The highest BCUT2D eigenvalue weighted by molar-refractivity contribution is 5.71. The second kappa shape index (κ2) is 67.3. The summed E-state index contributed by atoms with van der Waals surface area (Å²) in [7, 11) is 0. The molecule has 0 saturated heterocycles. The maximum Gasteiger partial charge on any atom is 0.306 e. The number of ether oxygens (including phenoxy) is 3. The molecule has 0 heterocycles. The smallest absolute Gasteiger partial charge is 0.306 e. The molecule has 0 aliphatic heterocycles. The predicted molar refractivity (Wildman–Crippen MR) is 352 cm³/mol. The zero-order valence-corrected chi connectivity index (χ0v) is 52.0. The molecule has 0 rings (SSSR count). The van der Waals surface area contributed by atoms with Crippen LogP contribution in [0, 0.1) is 0 Å². The molecule has 0 bridgehead atoms. The molecule has 1 unspecified atom stereocenters. The molecule has 0 radical (unpaired) electrons. The van der Waals surface area contributed by atoms with Crippen LogP contribution in [0.1, 0.15) is 265 Å². The molecule has 0 aliphatic rings. The first-order valence-corrected chi connectivity index (χ1v) is 32.6. The van der Waals surface area contributed by atoms with Gasteiger partial charge in [0.25, 0.3) is 0 Å². The Balaban J connectivity index is 4.42. The van der Waals surface area contributed by atoms with Gasteiger partial charge >= 0.3 is 17.9 Å². The number of esters is 3. The van der Waals surface area contributed by atoms with E-state index >= 15 is 0 Å². The SMILES string of the molecule is CC/C=C\C/C=C\C/C=C\C/C=C\C/C=C\C/C=C\C/C=C\C/C=C\CCCCCCCCC(=O)OCC(COC(=O)CCCC/C=C\C/C=C\C/C=C\C/C=C\CC)OC(=O)CCCCCCCCC/C=C\C/C=C\CCCCC. The highest BCUT2D eigenvalue weighted by Gasteiger charge is 2.19. The van der Waals surface area contributed by atoms with E-state index in [4.69, 9.17) is 14.2 Å². The summed E-state index contributed by atoms with van der Waals surface area (Å²) in [5.74, 6) is -0.978. The van der Waals surface area contributed by atoms with Crippen LogP contribution in [0.3, 0.4) is 0 Å². The Labute approximate surface area is 498 Å². The summed E-state index contributed by atoms with van der Waals surface area (Å²) >= 11 is 0. The lowest BCUT2D eigenvalue weighted by Crippen LogP contribution is -2.30. The second-order valence-electron chi connectivity index (χ2n) is 20.9. The normalized spacial score (nSPS) is 13.3. The Bertz CT molecular complexity index is 1860. The van der Waals surface area contributed by atoms with Crippen molar-refractivity contribution in [2.75, 3.05) is 13.2 Å². The topological polar surface area (TPSA) is 78.9 Å². The molecule has 1 atom stereocenters. The number of rotatable bonds is 57. The lowest BCUT2D eigenvalue weighted by molar-refractivity contribution is -0.167. The number of carbonyl (C=O) groups is 3. The molecule has 0 fully saturated rings. The van der Waals surface area contributed by atoms with Gasteiger partial charge in [0.1, 0.15) is 13.2 Å². The van der Waals surface area contributed by atoms with Crippen LogP contribution in [0.15, 0.2) is 170 Å². The van der Waals surface area contributed by atoms with Crippen molar-refractivity contribution in [1.29, 1.82) is 0 Å². The van der Waals surface area contributed by atoms with Crippen LogP contribution in [0.2, 0.25) is 0 Å². The van der Waals surface area contributed by atoms with Gasteiger partial charge in [-0.2, -0.15) is 0 Å². The molecular weight excluding hydrogens is 997 g/mol. The fraction of sp³-hybridized carbons (Fsp3) is 0.587. The first-order chi connectivity index (χ1) is 40.0. The van der Waals surface area contributed by atoms with Crippen LogP contribution in [0.4, 0.5) is 0 Å². The number of carbonyl (C=O) groups excluding carboxylic acids is 3. The number of hydrogen-bond acceptors (Lipinski definition) is 6. The van der Waals surface area contributed by atoms with Crippen molar-refractivity contribution in [3.05, 3.63) is 170 Å². The summed E-state index contributed by atoms with van der Waals surface area (Å²) in [4.78, 5) is 38.3. The third kappa shape index (κ3) is 65.5. The Morgan fingerprint density at radius 2 is 0.481 bits per heavy atom. The van der Waals surface area contributed by atoms with Gasteiger partial charge in [-0.3, -0.25) is 14.4 Å². The van der Waals surface area contributed by atoms with Gasteiger partial charge in [-0.05, 0) is 154 Å². The zero-order valence-electron chi connectivity index (χ0n) is 52.0. The standard InChI is InChI=1S/C75H118O6/c1-4-7-10-13-16-19-22-25-28-30-31-32-33-34-35-36-37-38-39-40-41-42-43-45-47-50-53-56-59-62-65-68-74(77)80-71-72(70-79-73(76)67-64-61-58-55-52-49-46-27-24-21-18-15-12-9-6-3)81-75(78)69-66-63-60-57-54-51-48-44-29-26-23-20-17-14-11-8-5-2/h7,9-10,12,16-21,25-29,31-32,34-35,37-38,40-41,43,45-46,52,55,72H,4-6,8,11,13-15,22-24,30,33,36,39,42,44,47-51,53-54,56-71H2,1-3H3/b10-7-,12-9-,19-16-,20-17-,21-18-,28-25-,29-26-,32-31-,35-34-,38-37-,41-40-,45-43-,46-27-,55-52-. The molecule has 0 aromatic heterocycles. The monoisotopic (exact) mass is 1110 g/mol. The molecule has 0 aromatic carbocycles. The molecular formula is C75H118O6.